The zero-order valence-corrected chi connectivity index (χ0v) is 16.7. The van der Waals surface area contributed by atoms with Crippen molar-refractivity contribution in [1.29, 1.82) is 0 Å². The fraction of sp³-hybridized carbons (Fsp3) is 0.273. The molecule has 5 aromatic rings. The van der Waals surface area contributed by atoms with Crippen molar-refractivity contribution >= 4 is 21.9 Å². The molecule has 6 rings (SSSR count). The van der Waals surface area contributed by atoms with Gasteiger partial charge in [-0.2, -0.15) is 5.10 Å². The van der Waals surface area contributed by atoms with Gasteiger partial charge in [-0.15, -0.1) is 0 Å². The molecule has 150 valence electrons. The van der Waals surface area contributed by atoms with Crippen LogP contribution in [0.25, 0.3) is 39.0 Å². The smallest absolute Gasteiger partial charge is 0.135 e. The summed E-state index contributed by atoms with van der Waals surface area (Å²) < 4.78 is 2.00. The Hall–Kier alpha value is -3.52. The fourth-order valence-electron chi connectivity index (χ4n) is 4.37. The van der Waals surface area contributed by atoms with Gasteiger partial charge in [-0.25, -0.2) is 9.97 Å². The van der Waals surface area contributed by atoms with Crippen LogP contribution in [-0.2, 0) is 0 Å². The summed E-state index contributed by atoms with van der Waals surface area (Å²) in [5, 5.41) is 12.2. The highest BCUT2D eigenvalue weighted by Gasteiger charge is 2.19. The highest BCUT2D eigenvalue weighted by Crippen LogP contribution is 2.32. The number of aryl methyl sites for hydroxylation is 1. The first-order valence-corrected chi connectivity index (χ1v) is 10.3. The normalized spacial score (nSPS) is 15.4. The van der Waals surface area contributed by atoms with Crippen LogP contribution in [0.1, 0.15) is 30.1 Å². The van der Waals surface area contributed by atoms with Crippen LogP contribution in [0, 0.1) is 6.92 Å². The third-order valence-electron chi connectivity index (χ3n) is 5.96. The quantitative estimate of drug-likeness (QED) is 0.432. The van der Waals surface area contributed by atoms with E-state index < -0.39 is 0 Å². The molecule has 0 saturated carbocycles. The van der Waals surface area contributed by atoms with Crippen LogP contribution in [0.15, 0.2) is 43.1 Å². The van der Waals surface area contributed by atoms with Gasteiger partial charge < -0.3 is 14.9 Å². The Bertz CT molecular complexity index is 1350. The van der Waals surface area contributed by atoms with E-state index in [4.69, 9.17) is 4.98 Å². The Labute approximate surface area is 172 Å². The van der Waals surface area contributed by atoms with E-state index in [0.717, 1.165) is 76.3 Å². The highest BCUT2D eigenvalue weighted by atomic mass is 15.1. The highest BCUT2D eigenvalue weighted by molar-refractivity contribution is 5.96. The number of rotatable bonds is 3. The lowest BCUT2D eigenvalue weighted by molar-refractivity contribution is 0.454. The number of fused-ring (bicyclic) bond motifs is 2. The monoisotopic (exact) mass is 398 g/mol. The van der Waals surface area contributed by atoms with E-state index in [2.05, 4.69) is 48.7 Å². The van der Waals surface area contributed by atoms with E-state index in [0.29, 0.717) is 5.92 Å². The Morgan fingerprint density at radius 2 is 2.00 bits per heavy atom. The van der Waals surface area contributed by atoms with Crippen molar-refractivity contribution in [2.75, 3.05) is 13.1 Å². The average molecular weight is 398 g/mol. The number of piperidine rings is 1. The molecule has 8 nitrogen and oxygen atoms in total. The first-order chi connectivity index (χ1) is 14.8. The minimum absolute atomic E-state index is 0.501. The maximum atomic E-state index is 5.02. The van der Waals surface area contributed by atoms with E-state index in [-0.39, 0.29) is 0 Å². The molecule has 1 fully saturated rings. The van der Waals surface area contributed by atoms with Gasteiger partial charge in [0.2, 0.25) is 0 Å². The molecule has 5 aromatic heterocycles. The molecule has 0 atom stereocenters. The molecular weight excluding hydrogens is 376 g/mol. The molecule has 0 spiro atoms. The van der Waals surface area contributed by atoms with E-state index >= 15 is 0 Å². The molecule has 0 unspecified atom stereocenters. The van der Waals surface area contributed by atoms with Crippen molar-refractivity contribution in [3.05, 3.63) is 54.5 Å². The Morgan fingerprint density at radius 3 is 2.83 bits per heavy atom. The summed E-state index contributed by atoms with van der Waals surface area (Å²) in [6.45, 7) is 4.08. The van der Waals surface area contributed by atoms with E-state index in [9.17, 15) is 0 Å². The van der Waals surface area contributed by atoms with Gasteiger partial charge in [0, 0.05) is 23.2 Å². The summed E-state index contributed by atoms with van der Waals surface area (Å²) in [4.78, 5) is 17.2. The van der Waals surface area contributed by atoms with Gasteiger partial charge in [0.25, 0.3) is 0 Å². The third kappa shape index (κ3) is 2.80. The molecule has 0 aromatic carbocycles. The summed E-state index contributed by atoms with van der Waals surface area (Å²) in [6, 6.07) is 6.35. The predicted molar refractivity (Wildman–Crippen MR) is 116 cm³/mol. The van der Waals surface area contributed by atoms with Crippen molar-refractivity contribution in [2.45, 2.75) is 25.7 Å². The van der Waals surface area contributed by atoms with Crippen molar-refractivity contribution < 1.29 is 0 Å². The van der Waals surface area contributed by atoms with Gasteiger partial charge in [0.05, 0.1) is 46.8 Å². The number of nitrogens with zero attached hydrogens (tertiary/aromatic N) is 5. The van der Waals surface area contributed by atoms with E-state index in [1.54, 1.807) is 0 Å². The lowest BCUT2D eigenvalue weighted by atomic mass is 9.94. The molecule has 1 saturated heterocycles. The Kier molecular flexibility index (Phi) is 3.92. The number of aromatic nitrogens is 7. The maximum absolute atomic E-state index is 5.02. The van der Waals surface area contributed by atoms with Crippen LogP contribution in [0.2, 0.25) is 0 Å². The molecule has 0 bridgehead atoms. The molecule has 1 aliphatic rings. The van der Waals surface area contributed by atoms with Gasteiger partial charge in [-0.05, 0) is 51.1 Å². The lowest BCUT2D eigenvalue weighted by Gasteiger charge is -2.22. The summed E-state index contributed by atoms with van der Waals surface area (Å²) in [7, 11) is 0. The predicted octanol–water partition coefficient (Wildman–Crippen LogP) is 3.46. The maximum Gasteiger partial charge on any atom is 0.135 e. The van der Waals surface area contributed by atoms with Gasteiger partial charge in [-0.3, -0.25) is 10.1 Å². The second kappa shape index (κ2) is 6.77. The number of aromatic amines is 2. The van der Waals surface area contributed by atoms with Crippen molar-refractivity contribution in [1.82, 2.24) is 40.0 Å². The van der Waals surface area contributed by atoms with Gasteiger partial charge in [-0.1, -0.05) is 0 Å². The number of hydrogen-bond acceptors (Lipinski definition) is 5. The molecule has 0 aliphatic carbocycles. The van der Waals surface area contributed by atoms with Crippen LogP contribution in [0.5, 0.6) is 0 Å². The number of H-pyrrole nitrogens is 2. The molecule has 0 radical (unpaired) electrons. The third-order valence-corrected chi connectivity index (χ3v) is 5.96. The topological polar surface area (TPSA) is 100 Å². The van der Waals surface area contributed by atoms with Gasteiger partial charge >= 0.3 is 0 Å². The first kappa shape index (κ1) is 17.3. The Balaban J connectivity index is 1.47. The summed E-state index contributed by atoms with van der Waals surface area (Å²) in [6.07, 6.45) is 9.76. The summed E-state index contributed by atoms with van der Waals surface area (Å²) in [5.74, 6) is 0.501. The van der Waals surface area contributed by atoms with Crippen LogP contribution >= 0.6 is 0 Å². The van der Waals surface area contributed by atoms with Gasteiger partial charge in [0.1, 0.15) is 11.2 Å². The molecule has 3 N–H and O–H groups in total. The number of nitrogens with one attached hydrogen (secondary N) is 3. The lowest BCUT2D eigenvalue weighted by Crippen LogP contribution is -2.27. The standard InChI is InChI=1S/C22H22N8/c1-13-11-30(12-25-13)20-10-24-9-19-15(20)8-18(26-19)22-21-17(28-29-22)3-2-16(27-21)14-4-6-23-7-5-14/h2-3,8-12,14,23,26H,4-7H2,1H3,(H,28,29). The van der Waals surface area contributed by atoms with Crippen LogP contribution < -0.4 is 5.32 Å². The second-order valence-corrected chi connectivity index (χ2v) is 7.95. The van der Waals surface area contributed by atoms with Gasteiger partial charge in [0.15, 0.2) is 0 Å². The Morgan fingerprint density at radius 1 is 1.10 bits per heavy atom. The van der Waals surface area contributed by atoms with Crippen molar-refractivity contribution in [3.63, 3.8) is 0 Å². The van der Waals surface area contributed by atoms with E-state index in [1.807, 2.05) is 36.4 Å². The largest absolute Gasteiger partial charge is 0.352 e. The zero-order chi connectivity index (χ0) is 20.1. The number of imidazole rings is 1. The molecule has 0 amide bonds. The first-order valence-electron chi connectivity index (χ1n) is 10.3. The van der Waals surface area contributed by atoms with Crippen molar-refractivity contribution in [2.24, 2.45) is 0 Å². The van der Waals surface area contributed by atoms with Crippen LogP contribution in [-0.4, -0.2) is 47.8 Å². The SMILES string of the molecule is Cc1cn(-c2cncc3[nH]c(-c4n[nH]c5ccc(C6CCNCC6)nc45)cc23)cn1. The number of pyridine rings is 2. The molecule has 6 heterocycles. The van der Waals surface area contributed by atoms with Crippen LogP contribution in [0.4, 0.5) is 0 Å². The zero-order valence-electron chi connectivity index (χ0n) is 16.7. The number of hydrogen-bond donors (Lipinski definition) is 3. The van der Waals surface area contributed by atoms with Crippen molar-refractivity contribution in [3.8, 4) is 17.1 Å². The minimum Gasteiger partial charge on any atom is -0.352 e. The minimum atomic E-state index is 0.501. The molecule has 1 aliphatic heterocycles. The van der Waals surface area contributed by atoms with E-state index in [1.165, 1.54) is 0 Å². The second-order valence-electron chi connectivity index (χ2n) is 7.95. The summed E-state index contributed by atoms with van der Waals surface area (Å²) in [5.41, 5.74) is 7.69. The molecule has 8 heteroatoms. The molecule has 30 heavy (non-hydrogen) atoms. The molecular formula is C22H22N8. The van der Waals surface area contributed by atoms with Crippen LogP contribution in [0.3, 0.4) is 0 Å². The average Bonchev–Trinajstić information content (AvgIpc) is 3.51. The summed E-state index contributed by atoms with van der Waals surface area (Å²) >= 11 is 0. The fourth-order valence-corrected chi connectivity index (χ4v) is 4.37.